The molecule has 0 spiro atoms. The van der Waals surface area contributed by atoms with E-state index >= 15 is 0 Å². The second-order valence-corrected chi connectivity index (χ2v) is 4.77. The molecule has 4 N–H and O–H groups in total. The second kappa shape index (κ2) is 5.10. The Morgan fingerprint density at radius 3 is 2.94 bits per heavy atom. The first kappa shape index (κ1) is 12.4. The molecule has 18 heavy (non-hydrogen) atoms. The lowest BCUT2D eigenvalue weighted by Gasteiger charge is -2.08. The van der Waals surface area contributed by atoms with Crippen LogP contribution in [0, 0.1) is 0 Å². The standard InChI is InChI=1S/C13H14N2O2S/c1-2-8-5-6-18-12(8)13(17)15-11-7-9(16)3-4-10(11)14/h3-7,16H,2,14H2,1H3,(H,15,17). The van der Waals surface area contributed by atoms with Gasteiger partial charge in [-0.3, -0.25) is 4.79 Å². The van der Waals surface area contributed by atoms with Crippen LogP contribution in [-0.4, -0.2) is 11.0 Å². The van der Waals surface area contributed by atoms with E-state index in [9.17, 15) is 9.90 Å². The van der Waals surface area contributed by atoms with Gasteiger partial charge in [-0.05, 0) is 35.6 Å². The highest BCUT2D eigenvalue weighted by atomic mass is 32.1. The van der Waals surface area contributed by atoms with Gasteiger partial charge in [0.05, 0.1) is 16.3 Å². The van der Waals surface area contributed by atoms with Crippen molar-refractivity contribution in [3.8, 4) is 5.75 Å². The molecule has 2 rings (SSSR count). The largest absolute Gasteiger partial charge is 0.508 e. The van der Waals surface area contributed by atoms with Gasteiger partial charge in [0.1, 0.15) is 5.75 Å². The van der Waals surface area contributed by atoms with E-state index in [-0.39, 0.29) is 11.7 Å². The fraction of sp³-hybridized carbons (Fsp3) is 0.154. The molecule has 94 valence electrons. The van der Waals surface area contributed by atoms with Gasteiger partial charge in [-0.1, -0.05) is 6.92 Å². The predicted molar refractivity (Wildman–Crippen MR) is 74.2 cm³/mol. The zero-order chi connectivity index (χ0) is 13.1. The minimum Gasteiger partial charge on any atom is -0.508 e. The third-order valence-electron chi connectivity index (χ3n) is 2.62. The maximum Gasteiger partial charge on any atom is 0.266 e. The molecule has 1 aromatic heterocycles. The van der Waals surface area contributed by atoms with Crippen molar-refractivity contribution in [2.75, 3.05) is 11.1 Å². The van der Waals surface area contributed by atoms with E-state index in [4.69, 9.17) is 5.73 Å². The minimum atomic E-state index is -0.195. The van der Waals surface area contributed by atoms with Crippen LogP contribution in [0.3, 0.4) is 0 Å². The van der Waals surface area contributed by atoms with Gasteiger partial charge in [0.2, 0.25) is 0 Å². The number of rotatable bonds is 3. The molecule has 0 atom stereocenters. The van der Waals surface area contributed by atoms with Gasteiger partial charge in [-0.25, -0.2) is 0 Å². The molecule has 0 unspecified atom stereocenters. The molecular formula is C13H14N2O2S. The number of thiophene rings is 1. The molecule has 1 amide bonds. The first-order chi connectivity index (χ1) is 8.61. The van der Waals surface area contributed by atoms with Gasteiger partial charge in [-0.2, -0.15) is 0 Å². The number of anilines is 2. The van der Waals surface area contributed by atoms with Crippen LogP contribution >= 0.6 is 11.3 Å². The van der Waals surface area contributed by atoms with Crippen molar-refractivity contribution in [2.45, 2.75) is 13.3 Å². The summed E-state index contributed by atoms with van der Waals surface area (Å²) in [7, 11) is 0. The van der Waals surface area contributed by atoms with Crippen LogP contribution in [-0.2, 0) is 6.42 Å². The number of aryl methyl sites for hydroxylation is 1. The molecule has 0 aliphatic carbocycles. The number of nitrogens with one attached hydrogen (secondary N) is 1. The summed E-state index contributed by atoms with van der Waals surface area (Å²) in [5.74, 6) is -0.124. The lowest BCUT2D eigenvalue weighted by atomic mass is 10.2. The lowest BCUT2D eigenvalue weighted by molar-refractivity contribution is 0.103. The van der Waals surface area contributed by atoms with Crippen LogP contribution in [0.2, 0.25) is 0 Å². The van der Waals surface area contributed by atoms with E-state index in [2.05, 4.69) is 5.32 Å². The van der Waals surface area contributed by atoms with Crippen molar-refractivity contribution in [2.24, 2.45) is 0 Å². The first-order valence-corrected chi connectivity index (χ1v) is 6.46. The van der Waals surface area contributed by atoms with Crippen molar-refractivity contribution in [1.29, 1.82) is 0 Å². The maximum atomic E-state index is 12.1. The fourth-order valence-corrected chi connectivity index (χ4v) is 2.54. The minimum absolute atomic E-state index is 0.0707. The molecule has 1 aromatic carbocycles. The smallest absolute Gasteiger partial charge is 0.266 e. The zero-order valence-electron chi connectivity index (χ0n) is 9.93. The normalized spacial score (nSPS) is 10.3. The Balaban J connectivity index is 2.24. The average Bonchev–Trinajstić information content (AvgIpc) is 2.82. The number of nitrogens with two attached hydrogens (primary N) is 1. The van der Waals surface area contributed by atoms with Crippen LogP contribution < -0.4 is 11.1 Å². The van der Waals surface area contributed by atoms with Crippen molar-refractivity contribution >= 4 is 28.6 Å². The molecule has 0 bridgehead atoms. The van der Waals surface area contributed by atoms with Crippen LogP contribution in [0.5, 0.6) is 5.75 Å². The molecule has 1 heterocycles. The van der Waals surface area contributed by atoms with Crippen LogP contribution in [0.1, 0.15) is 22.2 Å². The van der Waals surface area contributed by atoms with Gasteiger partial charge in [0.15, 0.2) is 0 Å². The summed E-state index contributed by atoms with van der Waals surface area (Å²) in [4.78, 5) is 12.8. The summed E-state index contributed by atoms with van der Waals surface area (Å²) in [6.45, 7) is 2.00. The third-order valence-corrected chi connectivity index (χ3v) is 3.57. The van der Waals surface area contributed by atoms with E-state index in [1.165, 1.54) is 23.5 Å². The Bertz CT molecular complexity index is 578. The summed E-state index contributed by atoms with van der Waals surface area (Å²) in [6, 6.07) is 6.41. The number of phenolic OH excluding ortho intramolecular Hbond substituents is 1. The summed E-state index contributed by atoms with van der Waals surface area (Å²) in [6.07, 6.45) is 0.807. The highest BCUT2D eigenvalue weighted by Gasteiger charge is 2.13. The van der Waals surface area contributed by atoms with Crippen LogP contribution in [0.4, 0.5) is 11.4 Å². The number of amides is 1. The number of carbonyl (C=O) groups is 1. The summed E-state index contributed by atoms with van der Waals surface area (Å²) < 4.78 is 0. The molecule has 0 fully saturated rings. The lowest BCUT2D eigenvalue weighted by Crippen LogP contribution is -2.13. The third kappa shape index (κ3) is 2.46. The van der Waals surface area contributed by atoms with E-state index in [0.717, 1.165) is 12.0 Å². The van der Waals surface area contributed by atoms with E-state index in [1.54, 1.807) is 6.07 Å². The molecule has 2 aromatic rings. The fourth-order valence-electron chi connectivity index (χ4n) is 1.64. The number of aromatic hydroxyl groups is 1. The molecule has 0 aliphatic rings. The van der Waals surface area contributed by atoms with Gasteiger partial charge in [0.25, 0.3) is 5.91 Å². The number of nitrogen functional groups attached to an aromatic ring is 1. The molecular weight excluding hydrogens is 248 g/mol. The Morgan fingerprint density at radius 1 is 1.44 bits per heavy atom. The predicted octanol–water partition coefficient (Wildman–Crippen LogP) is 2.85. The van der Waals surface area contributed by atoms with Gasteiger partial charge in [-0.15, -0.1) is 11.3 Å². The van der Waals surface area contributed by atoms with Gasteiger partial charge in [0, 0.05) is 6.07 Å². The number of hydrogen-bond donors (Lipinski definition) is 3. The molecule has 4 nitrogen and oxygen atoms in total. The van der Waals surface area contributed by atoms with E-state index in [1.807, 2.05) is 18.4 Å². The van der Waals surface area contributed by atoms with E-state index < -0.39 is 0 Å². The molecule has 0 aliphatic heterocycles. The highest BCUT2D eigenvalue weighted by Crippen LogP contribution is 2.25. The van der Waals surface area contributed by atoms with Gasteiger partial charge >= 0.3 is 0 Å². The summed E-state index contributed by atoms with van der Waals surface area (Å²) in [5, 5.41) is 14.0. The van der Waals surface area contributed by atoms with Crippen molar-refractivity contribution in [1.82, 2.24) is 0 Å². The highest BCUT2D eigenvalue weighted by molar-refractivity contribution is 7.12. The Kier molecular flexibility index (Phi) is 3.53. The van der Waals surface area contributed by atoms with Crippen molar-refractivity contribution in [3.63, 3.8) is 0 Å². The summed E-state index contributed by atoms with van der Waals surface area (Å²) in [5.41, 5.74) is 7.60. The molecule has 0 saturated carbocycles. The molecule has 0 saturated heterocycles. The van der Waals surface area contributed by atoms with Crippen LogP contribution in [0.25, 0.3) is 0 Å². The number of hydrogen-bond acceptors (Lipinski definition) is 4. The number of phenols is 1. The zero-order valence-corrected chi connectivity index (χ0v) is 10.8. The average molecular weight is 262 g/mol. The topological polar surface area (TPSA) is 75.3 Å². The Morgan fingerprint density at radius 2 is 2.22 bits per heavy atom. The monoisotopic (exact) mass is 262 g/mol. The Hall–Kier alpha value is -2.01. The first-order valence-electron chi connectivity index (χ1n) is 5.58. The number of carbonyl (C=O) groups excluding carboxylic acids is 1. The molecule has 0 radical (unpaired) electrons. The number of benzene rings is 1. The van der Waals surface area contributed by atoms with E-state index in [0.29, 0.717) is 16.3 Å². The van der Waals surface area contributed by atoms with Crippen molar-refractivity contribution in [3.05, 3.63) is 40.1 Å². The van der Waals surface area contributed by atoms with Crippen LogP contribution in [0.15, 0.2) is 29.6 Å². The second-order valence-electron chi connectivity index (χ2n) is 3.85. The van der Waals surface area contributed by atoms with Gasteiger partial charge < -0.3 is 16.2 Å². The Labute approximate surface area is 109 Å². The SMILES string of the molecule is CCc1ccsc1C(=O)Nc1cc(O)ccc1N. The maximum absolute atomic E-state index is 12.1. The quantitative estimate of drug-likeness (QED) is 0.588. The van der Waals surface area contributed by atoms with Crippen molar-refractivity contribution < 1.29 is 9.90 Å². The molecule has 5 heteroatoms. The summed E-state index contributed by atoms with van der Waals surface area (Å²) >= 11 is 1.40.